The maximum atomic E-state index is 12.8. The summed E-state index contributed by atoms with van der Waals surface area (Å²) < 4.78 is 33.3. The molecule has 0 bridgehead atoms. The lowest BCUT2D eigenvalue weighted by atomic mass is 10.3. The van der Waals surface area contributed by atoms with Crippen LogP contribution in [0.4, 0.5) is 5.69 Å². The molecule has 150 valence electrons. The Kier molecular flexibility index (Phi) is 6.28. The van der Waals surface area contributed by atoms with E-state index in [1.165, 1.54) is 22.6 Å². The van der Waals surface area contributed by atoms with Gasteiger partial charge in [-0.25, -0.2) is 8.42 Å². The van der Waals surface area contributed by atoms with Crippen molar-refractivity contribution in [3.63, 3.8) is 0 Å². The Morgan fingerprint density at radius 3 is 2.43 bits per heavy atom. The molecule has 2 aromatic rings. The normalized spacial score (nSPS) is 15.3. The Hall–Kier alpha value is -2.49. The SMILES string of the molecule is CCN(C(=O)Cn1cc(S(=O)(=O)N2CCOCC2)ccc1=O)c1ccccc1. The number of likely N-dealkylation sites (N-methyl/N-ethyl adjacent to an activating group) is 1. The van der Waals surface area contributed by atoms with Crippen LogP contribution in [0.15, 0.2) is 58.4 Å². The van der Waals surface area contributed by atoms with Crippen molar-refractivity contribution in [2.45, 2.75) is 18.4 Å². The summed E-state index contributed by atoms with van der Waals surface area (Å²) in [6.07, 6.45) is 1.24. The van der Waals surface area contributed by atoms with Crippen molar-refractivity contribution in [2.24, 2.45) is 0 Å². The first-order chi connectivity index (χ1) is 13.4. The van der Waals surface area contributed by atoms with E-state index in [4.69, 9.17) is 4.74 Å². The first-order valence-electron chi connectivity index (χ1n) is 9.07. The van der Waals surface area contributed by atoms with E-state index in [1.807, 2.05) is 37.3 Å². The molecule has 8 nitrogen and oxygen atoms in total. The zero-order chi connectivity index (χ0) is 20.1. The average molecular weight is 405 g/mol. The molecule has 0 saturated carbocycles. The fraction of sp³-hybridized carbons (Fsp3) is 0.368. The molecule has 3 rings (SSSR count). The summed E-state index contributed by atoms with van der Waals surface area (Å²) in [5.74, 6) is -0.295. The Morgan fingerprint density at radius 2 is 1.79 bits per heavy atom. The summed E-state index contributed by atoms with van der Waals surface area (Å²) in [5.41, 5.74) is 0.290. The third-order valence-corrected chi connectivity index (χ3v) is 6.44. The van der Waals surface area contributed by atoms with E-state index in [0.717, 1.165) is 10.3 Å². The van der Waals surface area contributed by atoms with Crippen molar-refractivity contribution in [3.8, 4) is 0 Å². The number of morpholine rings is 1. The topological polar surface area (TPSA) is 88.9 Å². The third-order valence-electron chi connectivity index (χ3n) is 4.55. The molecular weight excluding hydrogens is 382 g/mol. The number of anilines is 1. The number of carbonyl (C=O) groups excluding carboxylic acids is 1. The Balaban J connectivity index is 1.85. The van der Waals surface area contributed by atoms with Gasteiger partial charge in [-0.2, -0.15) is 4.31 Å². The monoisotopic (exact) mass is 405 g/mol. The van der Waals surface area contributed by atoms with Gasteiger partial charge in [0.1, 0.15) is 6.54 Å². The molecule has 0 N–H and O–H groups in total. The molecule has 1 aromatic heterocycles. The molecule has 0 spiro atoms. The molecule has 1 aliphatic heterocycles. The van der Waals surface area contributed by atoms with E-state index in [-0.39, 0.29) is 30.4 Å². The second-order valence-corrected chi connectivity index (χ2v) is 8.26. The summed E-state index contributed by atoms with van der Waals surface area (Å²) in [6, 6.07) is 11.6. The molecule has 1 saturated heterocycles. The van der Waals surface area contributed by atoms with Crippen molar-refractivity contribution < 1.29 is 17.9 Å². The van der Waals surface area contributed by atoms with Gasteiger partial charge in [-0.05, 0) is 25.1 Å². The minimum Gasteiger partial charge on any atom is -0.379 e. The number of carbonyl (C=O) groups is 1. The summed E-state index contributed by atoms with van der Waals surface area (Å²) in [7, 11) is -3.75. The number of amides is 1. The highest BCUT2D eigenvalue weighted by Crippen LogP contribution is 2.17. The van der Waals surface area contributed by atoms with Gasteiger partial charge in [-0.15, -0.1) is 0 Å². The van der Waals surface area contributed by atoms with Crippen LogP contribution < -0.4 is 10.5 Å². The Labute approximate surface area is 164 Å². The van der Waals surface area contributed by atoms with E-state index in [1.54, 1.807) is 4.90 Å². The van der Waals surface area contributed by atoms with Crippen LogP contribution in [0, 0.1) is 0 Å². The van der Waals surface area contributed by atoms with Crippen molar-refractivity contribution in [2.75, 3.05) is 37.7 Å². The van der Waals surface area contributed by atoms with Crippen LogP contribution >= 0.6 is 0 Å². The number of hydrogen-bond acceptors (Lipinski definition) is 5. The van der Waals surface area contributed by atoms with E-state index >= 15 is 0 Å². The van der Waals surface area contributed by atoms with Crippen LogP contribution in [-0.2, 0) is 26.1 Å². The third kappa shape index (κ3) is 4.32. The maximum Gasteiger partial charge on any atom is 0.251 e. The number of ether oxygens (including phenoxy) is 1. The second kappa shape index (κ2) is 8.68. The van der Waals surface area contributed by atoms with Crippen LogP contribution in [0.25, 0.3) is 0 Å². The lowest BCUT2D eigenvalue weighted by Gasteiger charge is -2.26. The summed E-state index contributed by atoms with van der Waals surface area (Å²) in [4.78, 5) is 26.5. The molecule has 0 unspecified atom stereocenters. The quantitative estimate of drug-likeness (QED) is 0.713. The number of nitrogens with zero attached hydrogens (tertiary/aromatic N) is 3. The maximum absolute atomic E-state index is 12.8. The molecule has 9 heteroatoms. The number of benzene rings is 1. The van der Waals surface area contributed by atoms with Gasteiger partial charge in [0.25, 0.3) is 5.56 Å². The van der Waals surface area contributed by atoms with E-state index in [9.17, 15) is 18.0 Å². The molecule has 1 amide bonds. The van der Waals surface area contributed by atoms with E-state index < -0.39 is 15.6 Å². The van der Waals surface area contributed by atoms with Gasteiger partial charge < -0.3 is 14.2 Å². The minimum atomic E-state index is -3.75. The highest BCUT2D eigenvalue weighted by Gasteiger charge is 2.27. The number of para-hydroxylation sites is 1. The Morgan fingerprint density at radius 1 is 1.11 bits per heavy atom. The summed E-state index contributed by atoms with van der Waals surface area (Å²) >= 11 is 0. The number of pyridine rings is 1. The lowest BCUT2D eigenvalue weighted by molar-refractivity contribution is -0.119. The fourth-order valence-corrected chi connectivity index (χ4v) is 4.49. The largest absolute Gasteiger partial charge is 0.379 e. The van der Waals surface area contributed by atoms with Gasteiger partial charge in [0, 0.05) is 37.6 Å². The zero-order valence-corrected chi connectivity index (χ0v) is 16.5. The number of rotatable bonds is 6. The van der Waals surface area contributed by atoms with Crippen molar-refractivity contribution in [1.82, 2.24) is 8.87 Å². The molecule has 0 radical (unpaired) electrons. The van der Waals surface area contributed by atoms with Gasteiger partial charge in [0.05, 0.1) is 18.1 Å². The van der Waals surface area contributed by atoms with Gasteiger partial charge in [-0.1, -0.05) is 18.2 Å². The molecule has 1 aromatic carbocycles. The average Bonchev–Trinajstić information content (AvgIpc) is 2.71. The number of hydrogen-bond donors (Lipinski definition) is 0. The molecule has 2 heterocycles. The van der Waals surface area contributed by atoms with Gasteiger partial charge >= 0.3 is 0 Å². The summed E-state index contributed by atoms with van der Waals surface area (Å²) in [5, 5.41) is 0. The molecule has 0 atom stereocenters. The molecule has 1 aliphatic rings. The predicted octanol–water partition coefficient (Wildman–Crippen LogP) is 0.922. The van der Waals surface area contributed by atoms with Crippen molar-refractivity contribution >= 4 is 21.6 Å². The summed E-state index contributed by atoms with van der Waals surface area (Å²) in [6.45, 7) is 3.22. The minimum absolute atomic E-state index is 0.00967. The highest BCUT2D eigenvalue weighted by molar-refractivity contribution is 7.89. The predicted molar refractivity (Wildman–Crippen MR) is 105 cm³/mol. The second-order valence-electron chi connectivity index (χ2n) is 6.32. The first kappa shape index (κ1) is 20.2. The lowest BCUT2D eigenvalue weighted by Crippen LogP contribution is -2.41. The van der Waals surface area contributed by atoms with Gasteiger partial charge in [0.2, 0.25) is 15.9 Å². The fourth-order valence-electron chi connectivity index (χ4n) is 3.06. The standard InChI is InChI=1S/C19H23N3O5S/c1-2-22(16-6-4-3-5-7-16)19(24)15-20-14-17(8-9-18(20)23)28(25,26)21-10-12-27-13-11-21/h3-9,14H,2,10-13,15H2,1H3. The molecule has 0 aliphatic carbocycles. The van der Waals surface area contributed by atoms with Crippen LogP contribution in [0.1, 0.15) is 6.92 Å². The molecular formula is C19H23N3O5S. The first-order valence-corrected chi connectivity index (χ1v) is 10.5. The van der Waals surface area contributed by atoms with Crippen LogP contribution in [-0.4, -0.2) is 56.0 Å². The number of aromatic nitrogens is 1. The zero-order valence-electron chi connectivity index (χ0n) is 15.7. The van der Waals surface area contributed by atoms with Crippen LogP contribution in [0.5, 0.6) is 0 Å². The van der Waals surface area contributed by atoms with Gasteiger partial charge in [-0.3, -0.25) is 9.59 Å². The van der Waals surface area contributed by atoms with E-state index in [0.29, 0.717) is 19.8 Å². The number of sulfonamides is 1. The van der Waals surface area contributed by atoms with E-state index in [2.05, 4.69) is 0 Å². The van der Waals surface area contributed by atoms with Gasteiger partial charge in [0.15, 0.2) is 0 Å². The molecule has 1 fully saturated rings. The van der Waals surface area contributed by atoms with Crippen molar-refractivity contribution in [3.05, 3.63) is 59.0 Å². The van der Waals surface area contributed by atoms with Crippen LogP contribution in [0.2, 0.25) is 0 Å². The Bertz CT molecular complexity index is 982. The smallest absolute Gasteiger partial charge is 0.251 e. The molecule has 28 heavy (non-hydrogen) atoms. The highest BCUT2D eigenvalue weighted by atomic mass is 32.2. The van der Waals surface area contributed by atoms with Crippen LogP contribution in [0.3, 0.4) is 0 Å². The van der Waals surface area contributed by atoms with Crippen molar-refractivity contribution in [1.29, 1.82) is 0 Å².